The highest BCUT2D eigenvalue weighted by molar-refractivity contribution is 6.00. The topological polar surface area (TPSA) is 67.5 Å². The first kappa shape index (κ1) is 10.5. The van der Waals surface area contributed by atoms with Crippen LogP contribution in [0.4, 0.5) is 0 Å². The summed E-state index contributed by atoms with van der Waals surface area (Å²) >= 11 is 0. The Morgan fingerprint density at radius 3 is 2.29 bits per heavy atom. The minimum absolute atomic E-state index is 0.0789. The van der Waals surface area contributed by atoms with Gasteiger partial charge in [0, 0.05) is 18.9 Å². The summed E-state index contributed by atoms with van der Waals surface area (Å²) in [5, 5.41) is 9.47. The lowest BCUT2D eigenvalue weighted by Crippen LogP contribution is -1.96. The molecule has 0 fully saturated rings. The van der Waals surface area contributed by atoms with Crippen LogP contribution >= 0.6 is 0 Å². The highest BCUT2D eigenvalue weighted by Gasteiger charge is 2.22. The van der Waals surface area contributed by atoms with Crippen LogP contribution in [0.25, 0.3) is 0 Å². The number of carbonyl (C=O) groups is 2. The van der Waals surface area contributed by atoms with Crippen molar-refractivity contribution in [2.24, 2.45) is 0 Å². The Labute approximate surface area is 81.5 Å². The van der Waals surface area contributed by atoms with Crippen molar-refractivity contribution in [1.29, 1.82) is 0 Å². The normalized spacial score (nSPS) is 10.2. The number of hydrogen-bond acceptors (Lipinski definition) is 4. The molecule has 0 bridgehead atoms. The number of aromatic hydroxyl groups is 1. The third kappa shape index (κ3) is 1.55. The number of rotatable bonds is 3. The minimum Gasteiger partial charge on any atom is -0.504 e. The maximum absolute atomic E-state index is 11.3. The molecule has 0 saturated heterocycles. The van der Waals surface area contributed by atoms with Gasteiger partial charge in [-0.25, -0.2) is 0 Å². The molecule has 0 aliphatic carbocycles. The van der Waals surface area contributed by atoms with Gasteiger partial charge < -0.3 is 9.52 Å². The van der Waals surface area contributed by atoms with Crippen LogP contribution in [0.1, 0.15) is 46.9 Å². The molecule has 1 rings (SSSR count). The van der Waals surface area contributed by atoms with E-state index in [2.05, 4.69) is 0 Å². The molecule has 0 aliphatic rings. The first-order valence-corrected chi connectivity index (χ1v) is 4.35. The average molecular weight is 196 g/mol. The largest absolute Gasteiger partial charge is 0.504 e. The molecule has 4 heteroatoms. The molecule has 1 aromatic heterocycles. The number of ketones is 2. The van der Waals surface area contributed by atoms with E-state index in [1.807, 2.05) is 0 Å². The van der Waals surface area contributed by atoms with Crippen molar-refractivity contribution in [2.45, 2.75) is 27.2 Å². The summed E-state index contributed by atoms with van der Waals surface area (Å²) in [6.07, 6.45) is 0.283. The van der Waals surface area contributed by atoms with Gasteiger partial charge in [-0.05, 0) is 6.92 Å². The Morgan fingerprint density at radius 2 is 1.93 bits per heavy atom. The van der Waals surface area contributed by atoms with E-state index in [9.17, 15) is 14.7 Å². The van der Waals surface area contributed by atoms with Crippen LogP contribution in [0.5, 0.6) is 5.75 Å². The van der Waals surface area contributed by atoms with Crippen LogP contribution in [0, 0.1) is 6.92 Å². The summed E-state index contributed by atoms with van der Waals surface area (Å²) in [5.74, 6) is -0.894. The molecule has 1 aromatic rings. The van der Waals surface area contributed by atoms with Gasteiger partial charge in [0.05, 0.1) is 0 Å². The third-order valence-electron chi connectivity index (χ3n) is 2.01. The molecule has 0 aromatic carbocycles. The van der Waals surface area contributed by atoms with Crippen LogP contribution in [-0.2, 0) is 0 Å². The van der Waals surface area contributed by atoms with Gasteiger partial charge in [-0.3, -0.25) is 9.59 Å². The fourth-order valence-corrected chi connectivity index (χ4v) is 1.17. The van der Waals surface area contributed by atoms with Gasteiger partial charge >= 0.3 is 0 Å². The van der Waals surface area contributed by atoms with Crippen molar-refractivity contribution in [1.82, 2.24) is 0 Å². The number of hydrogen-bond donors (Lipinski definition) is 1. The van der Waals surface area contributed by atoms with Crippen molar-refractivity contribution in [2.75, 3.05) is 0 Å². The summed E-state index contributed by atoms with van der Waals surface area (Å²) in [5.41, 5.74) is 0.335. The maximum atomic E-state index is 11.3. The van der Waals surface area contributed by atoms with Crippen LogP contribution < -0.4 is 0 Å². The second-order valence-corrected chi connectivity index (χ2v) is 3.07. The second-order valence-electron chi connectivity index (χ2n) is 3.07. The quantitative estimate of drug-likeness (QED) is 0.751. The summed E-state index contributed by atoms with van der Waals surface area (Å²) in [6, 6.07) is 0. The molecule has 0 atom stereocenters. The SMILES string of the molecule is CCC(=O)c1oc(C(C)=O)c(O)c1C. The molecular formula is C10H12O4. The summed E-state index contributed by atoms with van der Waals surface area (Å²) < 4.78 is 5.01. The molecule has 0 aliphatic heterocycles. The molecular weight excluding hydrogens is 184 g/mol. The predicted molar refractivity (Wildman–Crippen MR) is 49.7 cm³/mol. The zero-order valence-corrected chi connectivity index (χ0v) is 8.38. The van der Waals surface area contributed by atoms with Gasteiger partial charge in [0.15, 0.2) is 23.1 Å². The zero-order valence-electron chi connectivity index (χ0n) is 8.38. The van der Waals surface area contributed by atoms with E-state index in [-0.39, 0.29) is 35.3 Å². The van der Waals surface area contributed by atoms with Crippen molar-refractivity contribution < 1.29 is 19.1 Å². The van der Waals surface area contributed by atoms with E-state index in [4.69, 9.17) is 4.42 Å². The first-order chi connectivity index (χ1) is 6.49. The van der Waals surface area contributed by atoms with Crippen molar-refractivity contribution in [3.05, 3.63) is 17.1 Å². The number of Topliss-reactive ketones (excluding diaryl/α,β-unsaturated/α-hetero) is 2. The van der Waals surface area contributed by atoms with E-state index < -0.39 is 0 Å². The van der Waals surface area contributed by atoms with Crippen molar-refractivity contribution in [3.8, 4) is 5.75 Å². The summed E-state index contributed by atoms with van der Waals surface area (Å²) in [6.45, 7) is 4.52. The van der Waals surface area contributed by atoms with Gasteiger partial charge in [0.1, 0.15) is 0 Å². The Kier molecular flexibility index (Phi) is 2.74. The van der Waals surface area contributed by atoms with Gasteiger partial charge in [-0.15, -0.1) is 0 Å². The second kappa shape index (κ2) is 3.65. The molecule has 4 nitrogen and oxygen atoms in total. The predicted octanol–water partition coefficient (Wildman–Crippen LogP) is 2.09. The molecule has 14 heavy (non-hydrogen) atoms. The smallest absolute Gasteiger partial charge is 0.212 e. The highest BCUT2D eigenvalue weighted by atomic mass is 16.4. The van der Waals surface area contributed by atoms with E-state index >= 15 is 0 Å². The molecule has 0 amide bonds. The first-order valence-electron chi connectivity index (χ1n) is 4.35. The summed E-state index contributed by atoms with van der Waals surface area (Å²) in [7, 11) is 0. The van der Waals surface area contributed by atoms with E-state index in [0.717, 1.165) is 0 Å². The van der Waals surface area contributed by atoms with Gasteiger partial charge in [0.25, 0.3) is 0 Å². The Hall–Kier alpha value is -1.58. The van der Waals surface area contributed by atoms with Crippen LogP contribution in [0.2, 0.25) is 0 Å². The molecule has 1 heterocycles. The van der Waals surface area contributed by atoms with E-state index in [0.29, 0.717) is 5.56 Å². The molecule has 76 valence electrons. The maximum Gasteiger partial charge on any atom is 0.212 e. The fraction of sp³-hybridized carbons (Fsp3) is 0.400. The van der Waals surface area contributed by atoms with Crippen molar-refractivity contribution >= 4 is 11.6 Å². The lowest BCUT2D eigenvalue weighted by Gasteiger charge is -1.91. The molecule has 0 unspecified atom stereocenters. The average Bonchev–Trinajstić information content (AvgIpc) is 2.43. The molecule has 0 radical (unpaired) electrons. The van der Waals surface area contributed by atoms with Gasteiger partial charge in [0.2, 0.25) is 5.76 Å². The Morgan fingerprint density at radius 1 is 1.36 bits per heavy atom. The minimum atomic E-state index is -0.388. The molecule has 0 saturated carbocycles. The number of furan rings is 1. The van der Waals surface area contributed by atoms with Crippen LogP contribution in [0.15, 0.2) is 4.42 Å². The molecule has 1 N–H and O–H groups in total. The molecule has 0 spiro atoms. The Balaban J connectivity index is 3.28. The standard InChI is InChI=1S/C10H12O4/c1-4-7(12)9-5(2)8(13)10(14-9)6(3)11/h13H,4H2,1-3H3. The van der Waals surface area contributed by atoms with Gasteiger partial charge in [-0.2, -0.15) is 0 Å². The summed E-state index contributed by atoms with van der Waals surface area (Å²) in [4.78, 5) is 22.3. The fourth-order valence-electron chi connectivity index (χ4n) is 1.17. The van der Waals surface area contributed by atoms with Crippen LogP contribution in [-0.4, -0.2) is 16.7 Å². The van der Waals surface area contributed by atoms with E-state index in [1.54, 1.807) is 13.8 Å². The van der Waals surface area contributed by atoms with E-state index in [1.165, 1.54) is 6.92 Å². The van der Waals surface area contributed by atoms with Crippen molar-refractivity contribution in [3.63, 3.8) is 0 Å². The third-order valence-corrected chi connectivity index (χ3v) is 2.01. The highest BCUT2D eigenvalue weighted by Crippen LogP contribution is 2.29. The van der Waals surface area contributed by atoms with Crippen LogP contribution in [0.3, 0.4) is 0 Å². The monoisotopic (exact) mass is 196 g/mol. The van der Waals surface area contributed by atoms with Gasteiger partial charge in [-0.1, -0.05) is 6.92 Å². The Bertz CT molecular complexity index is 387. The lowest BCUT2D eigenvalue weighted by molar-refractivity contribution is 0.0946. The number of carbonyl (C=O) groups excluding carboxylic acids is 2. The zero-order chi connectivity index (χ0) is 10.9. The lowest BCUT2D eigenvalue weighted by atomic mass is 10.1.